The Balaban J connectivity index is 1.81. The number of hydrogen-bond acceptors (Lipinski definition) is 4. The fourth-order valence-corrected chi connectivity index (χ4v) is 3.27. The maximum atomic E-state index is 13.4. The molecule has 0 saturated heterocycles. The summed E-state index contributed by atoms with van der Waals surface area (Å²) < 4.78 is 18.5. The van der Waals surface area contributed by atoms with Gasteiger partial charge in [-0.05, 0) is 42.8 Å². The summed E-state index contributed by atoms with van der Waals surface area (Å²) in [5.41, 5.74) is 2.46. The summed E-state index contributed by atoms with van der Waals surface area (Å²) in [4.78, 5) is 16.7. The second-order valence-corrected chi connectivity index (χ2v) is 6.57. The van der Waals surface area contributed by atoms with E-state index >= 15 is 0 Å². The Hall–Kier alpha value is -2.44. The van der Waals surface area contributed by atoms with Gasteiger partial charge in [-0.15, -0.1) is 11.3 Å². The van der Waals surface area contributed by atoms with Gasteiger partial charge >= 0.3 is 0 Å². The highest BCUT2D eigenvalue weighted by Crippen LogP contribution is 2.31. The number of aromatic nitrogens is 1. The fourth-order valence-electron chi connectivity index (χ4n) is 2.29. The summed E-state index contributed by atoms with van der Waals surface area (Å²) in [5, 5.41) is 5.42. The van der Waals surface area contributed by atoms with Crippen LogP contribution in [0, 0.1) is 12.7 Å². The van der Waals surface area contributed by atoms with Crippen molar-refractivity contribution in [1.29, 1.82) is 0 Å². The first-order valence-electron chi connectivity index (χ1n) is 7.35. The number of methoxy groups -OCH3 is 1. The van der Waals surface area contributed by atoms with E-state index in [9.17, 15) is 9.18 Å². The van der Waals surface area contributed by atoms with Crippen molar-refractivity contribution in [3.8, 4) is 17.0 Å². The molecule has 0 unspecified atom stereocenters. The van der Waals surface area contributed by atoms with Crippen LogP contribution in [-0.2, 0) is 0 Å². The largest absolute Gasteiger partial charge is 0.495 e. The number of hydrogen-bond donors (Lipinski definition) is 1. The zero-order valence-corrected chi connectivity index (χ0v) is 15.0. The van der Waals surface area contributed by atoms with Crippen molar-refractivity contribution in [2.75, 3.05) is 12.4 Å². The number of halogens is 2. The van der Waals surface area contributed by atoms with Crippen LogP contribution >= 0.6 is 22.9 Å². The molecule has 0 aliphatic heterocycles. The van der Waals surface area contributed by atoms with E-state index in [1.807, 2.05) is 11.4 Å². The average Bonchev–Trinajstić information content (AvgIpc) is 3.05. The van der Waals surface area contributed by atoms with Crippen LogP contribution in [0.4, 0.5) is 9.52 Å². The Morgan fingerprint density at radius 2 is 2.08 bits per heavy atom. The van der Waals surface area contributed by atoms with Gasteiger partial charge < -0.3 is 4.74 Å². The number of anilines is 1. The number of carbonyl (C=O) groups is 1. The highest BCUT2D eigenvalue weighted by atomic mass is 35.5. The Bertz CT molecular complexity index is 943. The molecule has 4 nitrogen and oxygen atoms in total. The average molecular weight is 377 g/mol. The van der Waals surface area contributed by atoms with E-state index in [-0.39, 0.29) is 5.56 Å². The lowest BCUT2D eigenvalue weighted by Gasteiger charge is -2.05. The molecule has 0 spiro atoms. The topological polar surface area (TPSA) is 51.2 Å². The maximum Gasteiger partial charge on any atom is 0.257 e. The zero-order chi connectivity index (χ0) is 18.0. The van der Waals surface area contributed by atoms with Crippen LogP contribution in [0.5, 0.6) is 5.75 Å². The molecule has 25 heavy (non-hydrogen) atoms. The Labute approximate surface area is 153 Å². The molecular weight excluding hydrogens is 363 g/mol. The first-order valence-corrected chi connectivity index (χ1v) is 8.60. The second kappa shape index (κ2) is 7.21. The lowest BCUT2D eigenvalue weighted by molar-refractivity contribution is 0.102. The van der Waals surface area contributed by atoms with Gasteiger partial charge in [0.05, 0.1) is 17.8 Å². The van der Waals surface area contributed by atoms with Gasteiger partial charge in [-0.3, -0.25) is 10.1 Å². The molecule has 0 atom stereocenters. The predicted octanol–water partition coefficient (Wildman–Crippen LogP) is 5.17. The smallest absolute Gasteiger partial charge is 0.257 e. The summed E-state index contributed by atoms with van der Waals surface area (Å²) in [5.74, 6) is -0.273. The molecule has 1 N–H and O–H groups in total. The molecule has 1 heterocycles. The maximum absolute atomic E-state index is 13.4. The monoisotopic (exact) mass is 376 g/mol. The lowest BCUT2D eigenvalue weighted by atomic mass is 10.1. The summed E-state index contributed by atoms with van der Waals surface area (Å²) in [6, 6.07) is 9.44. The third-order valence-electron chi connectivity index (χ3n) is 3.62. The van der Waals surface area contributed by atoms with E-state index < -0.39 is 11.7 Å². The molecular formula is C18H14ClFN2O2S. The molecule has 3 rings (SSSR count). The van der Waals surface area contributed by atoms with Crippen LogP contribution in [0.15, 0.2) is 41.8 Å². The second-order valence-electron chi connectivity index (χ2n) is 5.30. The van der Waals surface area contributed by atoms with Crippen molar-refractivity contribution >= 4 is 34.0 Å². The summed E-state index contributed by atoms with van der Waals surface area (Å²) in [6.07, 6.45) is 0. The van der Waals surface area contributed by atoms with Gasteiger partial charge in [0.2, 0.25) is 0 Å². The van der Waals surface area contributed by atoms with Gasteiger partial charge in [0, 0.05) is 16.5 Å². The zero-order valence-electron chi connectivity index (χ0n) is 13.5. The van der Waals surface area contributed by atoms with Crippen molar-refractivity contribution in [2.45, 2.75) is 6.92 Å². The number of carbonyl (C=O) groups excluding carboxylic acids is 1. The molecule has 7 heteroatoms. The first kappa shape index (κ1) is 17.4. The van der Waals surface area contributed by atoms with E-state index in [0.717, 1.165) is 5.56 Å². The van der Waals surface area contributed by atoms with Gasteiger partial charge in [-0.2, -0.15) is 0 Å². The summed E-state index contributed by atoms with van der Waals surface area (Å²) in [6.45, 7) is 1.75. The SMILES string of the molecule is COc1ccc(-c2csc(NC(=O)c3cc(F)ccc3C)n2)cc1Cl. The molecule has 0 bridgehead atoms. The van der Waals surface area contributed by atoms with Crippen molar-refractivity contribution in [3.63, 3.8) is 0 Å². The van der Waals surface area contributed by atoms with E-state index in [0.29, 0.717) is 27.2 Å². The van der Waals surface area contributed by atoms with Gasteiger partial charge in [0.1, 0.15) is 11.6 Å². The van der Waals surface area contributed by atoms with Crippen molar-refractivity contribution < 1.29 is 13.9 Å². The number of aryl methyl sites for hydroxylation is 1. The van der Waals surface area contributed by atoms with Crippen molar-refractivity contribution in [1.82, 2.24) is 4.98 Å². The van der Waals surface area contributed by atoms with Crippen LogP contribution in [0.1, 0.15) is 15.9 Å². The predicted molar refractivity (Wildman–Crippen MR) is 98.2 cm³/mol. The molecule has 0 fully saturated rings. The number of nitrogens with zero attached hydrogens (tertiary/aromatic N) is 1. The first-order chi connectivity index (χ1) is 12.0. The summed E-state index contributed by atoms with van der Waals surface area (Å²) in [7, 11) is 1.55. The van der Waals surface area contributed by atoms with Gasteiger partial charge in [-0.1, -0.05) is 17.7 Å². The Morgan fingerprint density at radius 3 is 2.80 bits per heavy atom. The van der Waals surface area contributed by atoms with Crippen molar-refractivity contribution in [3.05, 3.63) is 63.7 Å². The molecule has 0 aliphatic rings. The molecule has 1 amide bonds. The molecule has 128 valence electrons. The van der Waals surface area contributed by atoms with Crippen LogP contribution in [-0.4, -0.2) is 18.0 Å². The van der Waals surface area contributed by atoms with Crippen molar-refractivity contribution in [2.24, 2.45) is 0 Å². The normalized spacial score (nSPS) is 10.6. The number of benzene rings is 2. The highest BCUT2D eigenvalue weighted by Gasteiger charge is 2.13. The third kappa shape index (κ3) is 3.81. The number of nitrogens with one attached hydrogen (secondary N) is 1. The standard InChI is InChI=1S/C18H14ClFN2O2S/c1-10-3-5-12(20)8-13(10)17(23)22-18-21-15(9-25-18)11-4-6-16(24-2)14(19)7-11/h3-9H,1-2H3,(H,21,22,23). The number of rotatable bonds is 4. The van der Waals surface area contributed by atoms with E-state index in [4.69, 9.17) is 16.3 Å². The highest BCUT2D eigenvalue weighted by molar-refractivity contribution is 7.14. The van der Waals surface area contributed by atoms with Crippen LogP contribution in [0.2, 0.25) is 5.02 Å². The molecule has 0 aliphatic carbocycles. The molecule has 0 radical (unpaired) electrons. The van der Waals surface area contributed by atoms with Crippen LogP contribution < -0.4 is 10.1 Å². The number of amides is 1. The minimum atomic E-state index is -0.455. The van der Waals surface area contributed by atoms with Crippen LogP contribution in [0.25, 0.3) is 11.3 Å². The van der Waals surface area contributed by atoms with Gasteiger partial charge in [0.15, 0.2) is 5.13 Å². The lowest BCUT2D eigenvalue weighted by Crippen LogP contribution is -2.13. The van der Waals surface area contributed by atoms with Gasteiger partial charge in [-0.25, -0.2) is 9.37 Å². The molecule has 2 aromatic carbocycles. The number of thiazole rings is 1. The Kier molecular flexibility index (Phi) is 5.01. The molecule has 0 saturated carbocycles. The minimum absolute atomic E-state index is 0.282. The summed E-state index contributed by atoms with van der Waals surface area (Å²) >= 11 is 7.41. The van der Waals surface area contributed by atoms with Gasteiger partial charge in [0.25, 0.3) is 5.91 Å². The fraction of sp³-hybridized carbons (Fsp3) is 0.111. The Morgan fingerprint density at radius 1 is 1.28 bits per heavy atom. The van der Waals surface area contributed by atoms with E-state index in [2.05, 4.69) is 10.3 Å². The third-order valence-corrected chi connectivity index (χ3v) is 4.67. The quantitative estimate of drug-likeness (QED) is 0.683. The molecule has 1 aromatic heterocycles. The minimum Gasteiger partial charge on any atom is -0.495 e. The number of ether oxygens (including phenoxy) is 1. The molecule has 3 aromatic rings. The van der Waals surface area contributed by atoms with E-state index in [1.54, 1.807) is 32.2 Å². The van der Waals surface area contributed by atoms with Crippen LogP contribution in [0.3, 0.4) is 0 Å². The van der Waals surface area contributed by atoms with E-state index in [1.165, 1.54) is 23.5 Å².